The van der Waals surface area contributed by atoms with Crippen LogP contribution in [0, 0.1) is 32.1 Å². The highest BCUT2D eigenvalue weighted by molar-refractivity contribution is 6.31. The summed E-state index contributed by atoms with van der Waals surface area (Å²) in [7, 11) is 0. The van der Waals surface area contributed by atoms with E-state index in [1.54, 1.807) is 30.3 Å². The van der Waals surface area contributed by atoms with E-state index in [1.165, 1.54) is 0 Å². The lowest BCUT2D eigenvalue weighted by atomic mass is 10.1. The first kappa shape index (κ1) is 20.7. The number of nitrogens with zero attached hydrogens (tertiary/aromatic N) is 2. The minimum absolute atomic E-state index is 0.0167. The zero-order valence-electron chi connectivity index (χ0n) is 16.3. The summed E-state index contributed by atoms with van der Waals surface area (Å²) in [5, 5.41) is 13.5. The number of aryl methyl sites for hydroxylation is 2. The van der Waals surface area contributed by atoms with E-state index in [0.717, 1.165) is 28.2 Å². The van der Waals surface area contributed by atoms with Gasteiger partial charge in [-0.05, 0) is 80.4 Å². The topological polar surface area (TPSA) is 57.8 Å². The summed E-state index contributed by atoms with van der Waals surface area (Å²) in [5.41, 5.74) is 5.33. The summed E-state index contributed by atoms with van der Waals surface area (Å²) in [5.74, 6) is -0.474. The van der Waals surface area contributed by atoms with Crippen LogP contribution in [0.1, 0.15) is 22.5 Å². The van der Waals surface area contributed by atoms with E-state index in [2.05, 4.69) is 9.88 Å². The molecule has 0 spiro atoms. The van der Waals surface area contributed by atoms with E-state index in [1.807, 2.05) is 51.1 Å². The SMILES string of the molecule is Cc1ccc(Cl)cc1-n1c(C)cc(/C=C(/C#N)C(=O)Nc2ccc(Cl)cc2)c1C. The Hall–Kier alpha value is -3.00. The van der Waals surface area contributed by atoms with Crippen LogP contribution in [0.3, 0.4) is 0 Å². The van der Waals surface area contributed by atoms with Crippen LogP contribution in [0.2, 0.25) is 10.0 Å². The highest BCUT2D eigenvalue weighted by Crippen LogP contribution is 2.27. The van der Waals surface area contributed by atoms with Crippen molar-refractivity contribution in [2.24, 2.45) is 0 Å². The molecule has 0 saturated heterocycles. The fraction of sp³-hybridized carbons (Fsp3) is 0.130. The fourth-order valence-corrected chi connectivity index (χ4v) is 3.46. The Morgan fingerprint density at radius 2 is 1.69 bits per heavy atom. The van der Waals surface area contributed by atoms with Gasteiger partial charge in [-0.2, -0.15) is 5.26 Å². The van der Waals surface area contributed by atoms with Crippen molar-refractivity contribution in [3.05, 3.63) is 86.7 Å². The Balaban J connectivity index is 1.96. The third-order valence-electron chi connectivity index (χ3n) is 4.65. The first-order valence-corrected chi connectivity index (χ1v) is 9.70. The lowest BCUT2D eigenvalue weighted by Crippen LogP contribution is -2.13. The van der Waals surface area contributed by atoms with Gasteiger partial charge >= 0.3 is 0 Å². The predicted molar refractivity (Wildman–Crippen MR) is 119 cm³/mol. The van der Waals surface area contributed by atoms with Gasteiger partial charge in [0.15, 0.2) is 0 Å². The minimum atomic E-state index is -0.474. The number of rotatable bonds is 4. The predicted octanol–water partition coefficient (Wildman–Crippen LogP) is 6.26. The van der Waals surface area contributed by atoms with Crippen molar-refractivity contribution in [2.45, 2.75) is 20.8 Å². The Labute approximate surface area is 180 Å². The second-order valence-electron chi connectivity index (χ2n) is 6.72. The van der Waals surface area contributed by atoms with Crippen LogP contribution >= 0.6 is 23.2 Å². The van der Waals surface area contributed by atoms with Gasteiger partial charge in [0.2, 0.25) is 0 Å². The number of amides is 1. The van der Waals surface area contributed by atoms with E-state index in [9.17, 15) is 10.1 Å². The maximum absolute atomic E-state index is 12.5. The molecule has 0 aliphatic carbocycles. The molecule has 29 heavy (non-hydrogen) atoms. The van der Waals surface area contributed by atoms with Gasteiger partial charge in [0, 0.05) is 32.8 Å². The summed E-state index contributed by atoms with van der Waals surface area (Å²) in [6.45, 7) is 5.94. The number of hydrogen-bond donors (Lipinski definition) is 1. The van der Waals surface area contributed by atoms with Crippen LogP contribution in [0.25, 0.3) is 11.8 Å². The largest absolute Gasteiger partial charge is 0.321 e. The third kappa shape index (κ3) is 4.54. The second-order valence-corrected chi connectivity index (χ2v) is 7.60. The molecule has 0 bridgehead atoms. The summed E-state index contributed by atoms with van der Waals surface area (Å²) < 4.78 is 2.07. The molecule has 0 unspecified atom stereocenters. The number of nitriles is 1. The van der Waals surface area contributed by atoms with Crippen molar-refractivity contribution in [3.8, 4) is 11.8 Å². The number of carbonyl (C=O) groups is 1. The maximum Gasteiger partial charge on any atom is 0.266 e. The summed E-state index contributed by atoms with van der Waals surface area (Å²) >= 11 is 12.0. The van der Waals surface area contributed by atoms with Crippen molar-refractivity contribution in [1.82, 2.24) is 4.57 Å². The van der Waals surface area contributed by atoms with Crippen LogP contribution in [-0.4, -0.2) is 10.5 Å². The summed E-state index contributed by atoms with van der Waals surface area (Å²) in [6.07, 6.45) is 1.60. The number of anilines is 1. The Morgan fingerprint density at radius 1 is 1.03 bits per heavy atom. The van der Waals surface area contributed by atoms with Crippen molar-refractivity contribution in [2.75, 3.05) is 5.32 Å². The van der Waals surface area contributed by atoms with Crippen LogP contribution in [-0.2, 0) is 4.79 Å². The van der Waals surface area contributed by atoms with Crippen molar-refractivity contribution in [1.29, 1.82) is 5.26 Å². The zero-order valence-corrected chi connectivity index (χ0v) is 17.8. The molecule has 2 aromatic carbocycles. The molecule has 0 fully saturated rings. The Morgan fingerprint density at radius 3 is 2.34 bits per heavy atom. The lowest BCUT2D eigenvalue weighted by Gasteiger charge is -2.13. The number of halogens is 2. The Kier molecular flexibility index (Phi) is 6.12. The van der Waals surface area contributed by atoms with E-state index in [4.69, 9.17) is 23.2 Å². The number of carbonyl (C=O) groups excluding carboxylic acids is 1. The van der Waals surface area contributed by atoms with Gasteiger partial charge in [0.05, 0.1) is 0 Å². The molecule has 0 saturated carbocycles. The molecule has 0 radical (unpaired) electrons. The molecule has 1 heterocycles. The van der Waals surface area contributed by atoms with Crippen LogP contribution in [0.4, 0.5) is 5.69 Å². The third-order valence-corrected chi connectivity index (χ3v) is 5.14. The van der Waals surface area contributed by atoms with Gasteiger partial charge in [-0.3, -0.25) is 4.79 Å². The summed E-state index contributed by atoms with van der Waals surface area (Å²) in [4.78, 5) is 12.5. The van der Waals surface area contributed by atoms with Gasteiger partial charge < -0.3 is 9.88 Å². The van der Waals surface area contributed by atoms with Gasteiger partial charge in [-0.15, -0.1) is 0 Å². The molecule has 4 nitrogen and oxygen atoms in total. The smallest absolute Gasteiger partial charge is 0.266 e. The average Bonchev–Trinajstić information content (AvgIpc) is 2.96. The average molecular weight is 424 g/mol. The molecule has 3 rings (SSSR count). The maximum atomic E-state index is 12.5. The van der Waals surface area contributed by atoms with Crippen molar-refractivity contribution < 1.29 is 4.79 Å². The second kappa shape index (κ2) is 8.57. The van der Waals surface area contributed by atoms with Gasteiger partial charge in [-0.1, -0.05) is 29.3 Å². The highest BCUT2D eigenvalue weighted by Gasteiger charge is 2.15. The molecule has 6 heteroatoms. The quantitative estimate of drug-likeness (QED) is 0.397. The monoisotopic (exact) mass is 423 g/mol. The van der Waals surface area contributed by atoms with Gasteiger partial charge in [0.25, 0.3) is 5.91 Å². The van der Waals surface area contributed by atoms with Crippen LogP contribution in [0.5, 0.6) is 0 Å². The molecule has 146 valence electrons. The highest BCUT2D eigenvalue weighted by atomic mass is 35.5. The molecule has 1 aromatic heterocycles. The molecule has 3 aromatic rings. The number of hydrogen-bond acceptors (Lipinski definition) is 2. The molecular weight excluding hydrogens is 405 g/mol. The van der Waals surface area contributed by atoms with Crippen LogP contribution in [0.15, 0.2) is 54.1 Å². The normalized spacial score (nSPS) is 11.2. The molecule has 0 aliphatic heterocycles. The lowest BCUT2D eigenvalue weighted by molar-refractivity contribution is -0.112. The number of benzene rings is 2. The molecule has 1 N–H and O–H groups in total. The zero-order chi connectivity index (χ0) is 21.1. The summed E-state index contributed by atoms with van der Waals surface area (Å²) in [6, 6.07) is 16.4. The van der Waals surface area contributed by atoms with E-state index >= 15 is 0 Å². The van der Waals surface area contributed by atoms with E-state index < -0.39 is 5.91 Å². The molecular formula is C23H19Cl2N3O. The van der Waals surface area contributed by atoms with E-state index in [0.29, 0.717) is 15.7 Å². The van der Waals surface area contributed by atoms with Crippen molar-refractivity contribution >= 4 is 40.9 Å². The van der Waals surface area contributed by atoms with Gasteiger partial charge in [-0.25, -0.2) is 0 Å². The van der Waals surface area contributed by atoms with Crippen LogP contribution < -0.4 is 5.32 Å². The first-order valence-electron chi connectivity index (χ1n) is 8.94. The van der Waals surface area contributed by atoms with E-state index in [-0.39, 0.29) is 5.57 Å². The number of nitrogens with one attached hydrogen (secondary N) is 1. The molecule has 0 aliphatic rings. The Bertz CT molecular complexity index is 1150. The molecule has 0 atom stereocenters. The van der Waals surface area contributed by atoms with Gasteiger partial charge in [0.1, 0.15) is 11.6 Å². The fourth-order valence-electron chi connectivity index (χ4n) is 3.16. The van der Waals surface area contributed by atoms with Crippen molar-refractivity contribution in [3.63, 3.8) is 0 Å². The first-order chi connectivity index (χ1) is 13.8. The standard InChI is InChI=1S/C23H19Cl2N3O/c1-14-4-5-20(25)12-22(14)28-15(2)10-17(16(28)3)11-18(13-26)23(29)27-21-8-6-19(24)7-9-21/h4-12H,1-3H3,(H,27,29)/b18-11-. The molecule has 1 amide bonds. The minimum Gasteiger partial charge on any atom is -0.321 e. The number of aromatic nitrogens is 1.